The summed E-state index contributed by atoms with van der Waals surface area (Å²) in [6.07, 6.45) is 0.0479. The molecule has 102 valence electrons. The number of nitro groups is 1. The summed E-state index contributed by atoms with van der Waals surface area (Å²) in [4.78, 5) is 32.2. The van der Waals surface area contributed by atoms with Gasteiger partial charge in [-0.05, 0) is 6.07 Å². The van der Waals surface area contributed by atoms with Crippen LogP contribution in [0.15, 0.2) is 23.1 Å². The van der Waals surface area contributed by atoms with E-state index in [1.807, 2.05) is 0 Å². The maximum Gasteiger partial charge on any atom is 0.337 e. The monoisotopic (exact) mass is 285 g/mol. The van der Waals surface area contributed by atoms with Crippen molar-refractivity contribution in [3.8, 4) is 0 Å². The van der Waals surface area contributed by atoms with Gasteiger partial charge in [-0.1, -0.05) is 6.07 Å². The topological polar surface area (TPSA) is 107 Å². The Hall–Kier alpha value is -2.09. The molecule has 7 nitrogen and oxygen atoms in total. The number of rotatable bonds is 6. The highest BCUT2D eigenvalue weighted by molar-refractivity contribution is 7.99. The Morgan fingerprint density at radius 2 is 2.16 bits per heavy atom. The lowest BCUT2D eigenvalue weighted by molar-refractivity contribution is -0.387. The molecule has 1 aromatic carbocycles. The molecule has 0 fully saturated rings. The van der Waals surface area contributed by atoms with E-state index in [0.29, 0.717) is 0 Å². The minimum absolute atomic E-state index is 0.0453. The molecular weight excluding hydrogens is 274 g/mol. The summed E-state index contributed by atoms with van der Waals surface area (Å²) >= 11 is 0.951. The van der Waals surface area contributed by atoms with Crippen LogP contribution in [0.25, 0.3) is 0 Å². The fourth-order valence-corrected chi connectivity index (χ4v) is 2.40. The van der Waals surface area contributed by atoms with Gasteiger partial charge in [-0.3, -0.25) is 14.9 Å². The van der Waals surface area contributed by atoms with Gasteiger partial charge in [0.2, 0.25) is 0 Å². The second kappa shape index (κ2) is 6.74. The summed E-state index contributed by atoms with van der Waals surface area (Å²) in [6.45, 7) is 0. The van der Waals surface area contributed by atoms with Crippen LogP contribution in [0.5, 0.6) is 0 Å². The second-order valence-corrected chi connectivity index (χ2v) is 4.50. The number of carbonyl (C=O) groups excluding carboxylic acids is 1. The van der Waals surface area contributed by atoms with Gasteiger partial charge in [0.15, 0.2) is 0 Å². The van der Waals surface area contributed by atoms with Gasteiger partial charge in [0, 0.05) is 11.8 Å². The van der Waals surface area contributed by atoms with Gasteiger partial charge in [-0.2, -0.15) is 0 Å². The fourth-order valence-electron chi connectivity index (χ4n) is 1.33. The second-order valence-electron chi connectivity index (χ2n) is 3.39. The highest BCUT2D eigenvalue weighted by Crippen LogP contribution is 2.33. The van der Waals surface area contributed by atoms with Crippen LogP contribution in [0.3, 0.4) is 0 Å². The first-order chi connectivity index (χ1) is 8.97. The van der Waals surface area contributed by atoms with Gasteiger partial charge in [-0.15, -0.1) is 11.8 Å². The molecule has 8 heteroatoms. The minimum Gasteiger partial charge on any atom is -0.478 e. The van der Waals surface area contributed by atoms with Gasteiger partial charge in [0.25, 0.3) is 5.69 Å². The summed E-state index contributed by atoms with van der Waals surface area (Å²) in [6, 6.07) is 3.83. The van der Waals surface area contributed by atoms with Crippen LogP contribution < -0.4 is 0 Å². The van der Waals surface area contributed by atoms with E-state index in [0.717, 1.165) is 11.8 Å². The molecule has 0 bridgehead atoms. The van der Waals surface area contributed by atoms with Crippen LogP contribution in [0.2, 0.25) is 0 Å². The van der Waals surface area contributed by atoms with E-state index in [4.69, 9.17) is 5.11 Å². The van der Waals surface area contributed by atoms with E-state index in [2.05, 4.69) is 4.74 Å². The first kappa shape index (κ1) is 15.0. The molecule has 0 spiro atoms. The van der Waals surface area contributed by atoms with E-state index < -0.39 is 16.9 Å². The van der Waals surface area contributed by atoms with Crippen molar-refractivity contribution in [3.63, 3.8) is 0 Å². The van der Waals surface area contributed by atoms with E-state index in [-0.39, 0.29) is 28.3 Å². The summed E-state index contributed by atoms with van der Waals surface area (Å²) in [5.41, 5.74) is -0.432. The number of esters is 1. The first-order valence-corrected chi connectivity index (χ1v) is 6.16. The highest BCUT2D eigenvalue weighted by Gasteiger charge is 2.21. The number of carboxylic acids is 1. The molecule has 0 radical (unpaired) electrons. The number of ether oxygens (including phenoxy) is 1. The molecule has 0 unspecified atom stereocenters. The number of carbonyl (C=O) groups is 2. The maximum atomic E-state index is 11.0. The molecule has 19 heavy (non-hydrogen) atoms. The Morgan fingerprint density at radius 1 is 1.47 bits per heavy atom. The Morgan fingerprint density at radius 3 is 2.68 bits per heavy atom. The molecule has 0 amide bonds. The van der Waals surface area contributed by atoms with Crippen LogP contribution in [-0.2, 0) is 9.53 Å². The number of thioether (sulfide) groups is 1. The van der Waals surface area contributed by atoms with E-state index >= 15 is 0 Å². The van der Waals surface area contributed by atoms with E-state index in [9.17, 15) is 19.7 Å². The van der Waals surface area contributed by atoms with Crippen molar-refractivity contribution in [3.05, 3.63) is 33.9 Å². The fraction of sp³-hybridized carbons (Fsp3) is 0.273. The molecule has 0 aliphatic heterocycles. The van der Waals surface area contributed by atoms with Gasteiger partial charge in [0.05, 0.1) is 28.9 Å². The maximum absolute atomic E-state index is 11.0. The smallest absolute Gasteiger partial charge is 0.337 e. The SMILES string of the molecule is COC(=O)CCSc1c(C(=O)O)cccc1[N+](=O)[O-]. The summed E-state index contributed by atoms with van der Waals surface area (Å²) < 4.78 is 4.44. The van der Waals surface area contributed by atoms with Crippen molar-refractivity contribution in [2.75, 3.05) is 12.9 Å². The average molecular weight is 285 g/mol. The van der Waals surface area contributed by atoms with Crippen LogP contribution >= 0.6 is 11.8 Å². The molecule has 0 saturated heterocycles. The predicted octanol–water partition coefficient (Wildman–Crippen LogP) is 1.95. The zero-order valence-corrected chi connectivity index (χ0v) is 10.8. The summed E-state index contributed by atoms with van der Waals surface area (Å²) in [5, 5.41) is 19.9. The first-order valence-electron chi connectivity index (χ1n) is 5.17. The summed E-state index contributed by atoms with van der Waals surface area (Å²) in [7, 11) is 1.24. The van der Waals surface area contributed by atoms with Gasteiger partial charge >= 0.3 is 11.9 Å². The minimum atomic E-state index is -1.25. The molecule has 0 heterocycles. The Bertz CT molecular complexity index is 484. The number of methoxy groups -OCH3 is 1. The lowest BCUT2D eigenvalue weighted by Crippen LogP contribution is -2.04. The Labute approximate surface area is 112 Å². The zero-order chi connectivity index (χ0) is 14.4. The third kappa shape index (κ3) is 3.95. The third-order valence-electron chi connectivity index (χ3n) is 2.20. The lowest BCUT2D eigenvalue weighted by atomic mass is 10.2. The largest absolute Gasteiger partial charge is 0.478 e. The Kier molecular flexibility index (Phi) is 5.31. The van der Waals surface area contributed by atoms with E-state index in [1.54, 1.807) is 0 Å². The van der Waals surface area contributed by atoms with Crippen molar-refractivity contribution >= 4 is 29.4 Å². The van der Waals surface area contributed by atoms with Crippen LogP contribution in [0, 0.1) is 10.1 Å². The van der Waals surface area contributed by atoms with Crippen LogP contribution in [0.1, 0.15) is 16.8 Å². The number of carboxylic acid groups (broad SMARTS) is 1. The van der Waals surface area contributed by atoms with Crippen LogP contribution in [0.4, 0.5) is 5.69 Å². The molecule has 0 aromatic heterocycles. The molecule has 0 aliphatic rings. The molecule has 1 aromatic rings. The molecule has 0 saturated carbocycles. The molecule has 0 aliphatic carbocycles. The van der Waals surface area contributed by atoms with Gasteiger partial charge in [-0.25, -0.2) is 4.79 Å². The predicted molar refractivity (Wildman–Crippen MR) is 67.4 cm³/mol. The highest BCUT2D eigenvalue weighted by atomic mass is 32.2. The van der Waals surface area contributed by atoms with Crippen molar-refractivity contribution in [1.29, 1.82) is 0 Å². The van der Waals surface area contributed by atoms with Crippen molar-refractivity contribution in [2.45, 2.75) is 11.3 Å². The number of nitro benzene ring substituents is 1. The molecule has 1 N–H and O–H groups in total. The van der Waals surface area contributed by atoms with Crippen molar-refractivity contribution < 1.29 is 24.4 Å². The zero-order valence-electron chi connectivity index (χ0n) is 9.99. The van der Waals surface area contributed by atoms with Gasteiger partial charge < -0.3 is 9.84 Å². The van der Waals surface area contributed by atoms with Gasteiger partial charge in [0.1, 0.15) is 0 Å². The number of nitrogens with zero attached hydrogens (tertiary/aromatic N) is 1. The average Bonchev–Trinajstić information content (AvgIpc) is 2.37. The Balaban J connectivity index is 2.98. The van der Waals surface area contributed by atoms with Crippen molar-refractivity contribution in [2.24, 2.45) is 0 Å². The van der Waals surface area contributed by atoms with E-state index in [1.165, 1.54) is 25.3 Å². The molecular formula is C11H11NO6S. The lowest BCUT2D eigenvalue weighted by Gasteiger charge is -2.06. The molecule has 1 rings (SSSR count). The number of benzene rings is 1. The van der Waals surface area contributed by atoms with Crippen molar-refractivity contribution in [1.82, 2.24) is 0 Å². The molecule has 0 atom stereocenters. The number of hydrogen-bond donors (Lipinski definition) is 1. The standard InChI is InChI=1S/C11H11NO6S/c1-18-9(13)5-6-19-10-7(11(14)15)3-2-4-8(10)12(16)17/h2-4H,5-6H2,1H3,(H,14,15). The number of aromatic carboxylic acids is 1. The third-order valence-corrected chi connectivity index (χ3v) is 3.33. The quantitative estimate of drug-likeness (QED) is 0.368. The number of hydrogen-bond acceptors (Lipinski definition) is 6. The van der Waals surface area contributed by atoms with Crippen LogP contribution in [-0.4, -0.2) is 34.8 Å². The normalized spacial score (nSPS) is 9.95. The summed E-state index contributed by atoms with van der Waals surface area (Å²) in [5.74, 6) is -1.50.